The molecule has 0 radical (unpaired) electrons. The smallest absolute Gasteiger partial charge is 0.354 e. The predicted molar refractivity (Wildman–Crippen MR) is 161 cm³/mol. The molecule has 0 aliphatic rings. The summed E-state index contributed by atoms with van der Waals surface area (Å²) in [6.45, 7) is 2.95. The lowest BCUT2D eigenvalue weighted by atomic mass is 10.1. The van der Waals surface area contributed by atoms with Crippen LogP contribution in [0.4, 0.5) is 18.9 Å². The molecule has 3 aromatic rings. The zero-order chi connectivity index (χ0) is 31.8. The van der Waals surface area contributed by atoms with Crippen molar-refractivity contribution in [1.29, 1.82) is 0 Å². The van der Waals surface area contributed by atoms with Crippen LogP contribution in [0.1, 0.15) is 44.2 Å². The molecule has 13 heteroatoms. The molecule has 3 rings (SSSR count). The Bertz CT molecular complexity index is 1520. The molecule has 1 N–H and O–H groups in total. The zero-order valence-corrected chi connectivity index (χ0v) is 25.9. The SMILES string of the molecule is CCCCNC(=O)[C@@H](CC)N(Cc1ccc(Cl)cc1Cl)C(=O)CN(c1cccc(C(F)(F)F)c1)S(=O)(=O)c1ccccc1. The minimum atomic E-state index is -4.76. The topological polar surface area (TPSA) is 86.8 Å². The molecule has 0 aromatic heterocycles. The molecule has 0 fully saturated rings. The van der Waals surface area contributed by atoms with E-state index >= 15 is 0 Å². The van der Waals surface area contributed by atoms with E-state index in [9.17, 15) is 31.2 Å². The van der Waals surface area contributed by atoms with Crippen LogP contribution in [0.25, 0.3) is 0 Å². The average Bonchev–Trinajstić information content (AvgIpc) is 2.97. The maximum absolute atomic E-state index is 14.1. The van der Waals surface area contributed by atoms with Gasteiger partial charge in [-0.05, 0) is 60.9 Å². The first-order valence-corrected chi connectivity index (χ1v) is 15.7. The molecule has 232 valence electrons. The molecule has 2 amide bonds. The number of anilines is 1. The van der Waals surface area contributed by atoms with Gasteiger partial charge in [0.25, 0.3) is 10.0 Å². The highest BCUT2D eigenvalue weighted by Crippen LogP contribution is 2.33. The Morgan fingerprint density at radius 1 is 0.953 bits per heavy atom. The molecule has 0 aliphatic heterocycles. The summed E-state index contributed by atoms with van der Waals surface area (Å²) in [6, 6.07) is 14.4. The Hall–Kier alpha value is -3.28. The third kappa shape index (κ3) is 8.87. The number of amides is 2. The van der Waals surface area contributed by atoms with Gasteiger partial charge in [-0.25, -0.2) is 8.42 Å². The molecule has 0 heterocycles. The number of hydrogen-bond donors (Lipinski definition) is 1. The summed E-state index contributed by atoms with van der Waals surface area (Å²) in [5.74, 6) is -1.27. The van der Waals surface area contributed by atoms with Crippen LogP contribution in [0.15, 0.2) is 77.7 Å². The maximum Gasteiger partial charge on any atom is 0.416 e. The van der Waals surface area contributed by atoms with Crippen LogP contribution in [0.2, 0.25) is 10.0 Å². The van der Waals surface area contributed by atoms with Gasteiger partial charge in [-0.2, -0.15) is 13.2 Å². The summed E-state index contributed by atoms with van der Waals surface area (Å²) in [6.07, 6.45) is -3.06. The van der Waals surface area contributed by atoms with Crippen molar-refractivity contribution in [3.8, 4) is 0 Å². The van der Waals surface area contributed by atoms with Gasteiger partial charge in [0.1, 0.15) is 12.6 Å². The highest BCUT2D eigenvalue weighted by atomic mass is 35.5. The van der Waals surface area contributed by atoms with Crippen LogP contribution in [-0.2, 0) is 32.3 Å². The van der Waals surface area contributed by atoms with Crippen LogP contribution in [-0.4, -0.2) is 44.3 Å². The van der Waals surface area contributed by atoms with Crippen molar-refractivity contribution in [2.75, 3.05) is 17.4 Å². The number of benzene rings is 3. The summed E-state index contributed by atoms with van der Waals surface area (Å²) >= 11 is 12.4. The number of nitrogens with one attached hydrogen (secondary N) is 1. The second kappa shape index (κ2) is 14.9. The van der Waals surface area contributed by atoms with Gasteiger partial charge >= 0.3 is 6.18 Å². The van der Waals surface area contributed by atoms with E-state index in [2.05, 4.69) is 5.32 Å². The molecule has 0 spiro atoms. The Kier molecular flexibility index (Phi) is 11.9. The van der Waals surface area contributed by atoms with Crippen molar-refractivity contribution in [2.45, 2.75) is 56.8 Å². The lowest BCUT2D eigenvalue weighted by Gasteiger charge is -2.33. The van der Waals surface area contributed by atoms with Crippen molar-refractivity contribution in [3.05, 3.63) is 94.0 Å². The lowest BCUT2D eigenvalue weighted by Crippen LogP contribution is -2.52. The Labute approximate surface area is 259 Å². The zero-order valence-electron chi connectivity index (χ0n) is 23.6. The molecular formula is C30H32Cl2F3N3O4S. The van der Waals surface area contributed by atoms with E-state index in [-0.39, 0.29) is 28.6 Å². The van der Waals surface area contributed by atoms with Gasteiger partial charge < -0.3 is 10.2 Å². The van der Waals surface area contributed by atoms with E-state index in [4.69, 9.17) is 23.2 Å². The number of unbranched alkanes of at least 4 members (excludes halogenated alkanes) is 1. The van der Waals surface area contributed by atoms with Crippen LogP contribution in [0.5, 0.6) is 0 Å². The van der Waals surface area contributed by atoms with Gasteiger partial charge in [0.2, 0.25) is 11.8 Å². The van der Waals surface area contributed by atoms with Crippen LogP contribution < -0.4 is 9.62 Å². The Morgan fingerprint density at radius 3 is 2.26 bits per heavy atom. The van der Waals surface area contributed by atoms with Crippen molar-refractivity contribution >= 4 is 50.7 Å². The van der Waals surface area contributed by atoms with E-state index < -0.39 is 46.2 Å². The van der Waals surface area contributed by atoms with Gasteiger partial charge in [-0.15, -0.1) is 0 Å². The van der Waals surface area contributed by atoms with Gasteiger partial charge in [0, 0.05) is 23.1 Å². The number of hydrogen-bond acceptors (Lipinski definition) is 4. The Balaban J connectivity index is 2.10. The molecule has 0 saturated heterocycles. The molecule has 43 heavy (non-hydrogen) atoms. The second-order valence-electron chi connectivity index (χ2n) is 9.70. The van der Waals surface area contributed by atoms with Crippen LogP contribution in [0.3, 0.4) is 0 Å². The standard InChI is InChI=1S/C30H32Cl2F3N3O4S/c1-3-5-16-36-29(40)27(4-2)37(19-21-14-15-23(31)18-26(21)32)28(39)20-38(43(41,42)25-12-7-6-8-13-25)24-11-9-10-22(17-24)30(33,34)35/h6-15,17-18,27H,3-5,16,19-20H2,1-2H3,(H,36,40)/t27-/m1/s1. The van der Waals surface area contributed by atoms with E-state index in [0.29, 0.717) is 33.9 Å². The first kappa shape index (κ1) is 34.2. The lowest BCUT2D eigenvalue weighted by molar-refractivity contribution is -0.140. The normalized spacial score (nSPS) is 12.4. The van der Waals surface area contributed by atoms with E-state index in [1.165, 1.54) is 41.3 Å². The minimum Gasteiger partial charge on any atom is -0.354 e. The largest absolute Gasteiger partial charge is 0.416 e. The van der Waals surface area contributed by atoms with Gasteiger partial charge in [0.15, 0.2) is 0 Å². The number of rotatable bonds is 13. The number of nitrogens with zero attached hydrogens (tertiary/aromatic N) is 2. The fourth-order valence-corrected chi connectivity index (χ4v) is 6.24. The number of carbonyl (C=O) groups is 2. The first-order chi connectivity index (χ1) is 20.3. The third-order valence-electron chi connectivity index (χ3n) is 6.64. The molecule has 0 bridgehead atoms. The van der Waals surface area contributed by atoms with Crippen molar-refractivity contribution in [2.24, 2.45) is 0 Å². The van der Waals surface area contributed by atoms with Crippen molar-refractivity contribution in [3.63, 3.8) is 0 Å². The number of carbonyl (C=O) groups excluding carboxylic acids is 2. The average molecular weight is 659 g/mol. The molecule has 0 unspecified atom stereocenters. The van der Waals surface area contributed by atoms with Crippen molar-refractivity contribution < 1.29 is 31.2 Å². The highest BCUT2D eigenvalue weighted by molar-refractivity contribution is 7.92. The monoisotopic (exact) mass is 657 g/mol. The molecule has 3 aromatic carbocycles. The van der Waals surface area contributed by atoms with Gasteiger partial charge in [-0.3, -0.25) is 13.9 Å². The van der Waals surface area contributed by atoms with Crippen molar-refractivity contribution in [1.82, 2.24) is 10.2 Å². The summed E-state index contributed by atoms with van der Waals surface area (Å²) in [4.78, 5) is 28.3. The van der Waals surface area contributed by atoms with Gasteiger partial charge in [0.05, 0.1) is 16.1 Å². The highest BCUT2D eigenvalue weighted by Gasteiger charge is 2.36. The molecule has 1 atom stereocenters. The van der Waals surface area contributed by atoms with E-state index in [1.54, 1.807) is 25.1 Å². The quantitative estimate of drug-likeness (QED) is 0.202. The molecule has 7 nitrogen and oxygen atoms in total. The summed E-state index contributed by atoms with van der Waals surface area (Å²) in [7, 11) is -4.53. The van der Waals surface area contributed by atoms with Crippen LogP contribution in [0, 0.1) is 0 Å². The Morgan fingerprint density at radius 2 is 1.65 bits per heavy atom. The summed E-state index contributed by atoms with van der Waals surface area (Å²) in [5, 5.41) is 3.37. The summed E-state index contributed by atoms with van der Waals surface area (Å²) in [5.41, 5.74) is -1.01. The fourth-order valence-electron chi connectivity index (χ4n) is 4.34. The first-order valence-electron chi connectivity index (χ1n) is 13.6. The minimum absolute atomic E-state index is 0.171. The predicted octanol–water partition coefficient (Wildman–Crippen LogP) is 6.93. The molecular weight excluding hydrogens is 626 g/mol. The van der Waals surface area contributed by atoms with E-state index in [0.717, 1.165) is 18.6 Å². The number of alkyl halides is 3. The van der Waals surface area contributed by atoms with E-state index in [1.807, 2.05) is 6.92 Å². The third-order valence-corrected chi connectivity index (χ3v) is 9.02. The van der Waals surface area contributed by atoms with Crippen LogP contribution >= 0.6 is 23.2 Å². The molecule has 0 saturated carbocycles. The van der Waals surface area contributed by atoms with Gasteiger partial charge in [-0.1, -0.05) is 73.8 Å². The fraction of sp³-hybridized carbons (Fsp3) is 0.333. The molecule has 0 aliphatic carbocycles. The maximum atomic E-state index is 14.1. The second-order valence-corrected chi connectivity index (χ2v) is 12.4. The number of halogens is 5. The number of sulfonamides is 1. The summed E-state index contributed by atoms with van der Waals surface area (Å²) < 4.78 is 69.1.